The average Bonchev–Trinajstić information content (AvgIpc) is 2.66. The van der Waals surface area contributed by atoms with Crippen LogP contribution in [0.2, 0.25) is 0 Å². The molecule has 1 aliphatic rings. The minimum atomic E-state index is 0.566. The van der Waals surface area contributed by atoms with E-state index in [4.69, 9.17) is 4.74 Å². The Hall–Kier alpha value is -0.0800. The lowest BCUT2D eigenvalue weighted by atomic mass is 9.91. The molecular formula is C13H27NO. The van der Waals surface area contributed by atoms with Crippen molar-refractivity contribution >= 4 is 0 Å². The largest absolute Gasteiger partial charge is 0.378 e. The van der Waals surface area contributed by atoms with Crippen molar-refractivity contribution in [3.63, 3.8) is 0 Å². The molecule has 2 nitrogen and oxygen atoms in total. The van der Waals surface area contributed by atoms with Crippen molar-refractivity contribution in [2.75, 3.05) is 20.2 Å². The van der Waals surface area contributed by atoms with E-state index in [1.54, 1.807) is 0 Å². The highest BCUT2D eigenvalue weighted by Gasteiger charge is 2.18. The minimum absolute atomic E-state index is 0.566. The summed E-state index contributed by atoms with van der Waals surface area (Å²) in [7, 11) is 2.05. The van der Waals surface area contributed by atoms with E-state index < -0.39 is 0 Å². The van der Waals surface area contributed by atoms with E-state index in [9.17, 15) is 0 Å². The maximum absolute atomic E-state index is 5.67. The molecule has 2 atom stereocenters. The average molecular weight is 213 g/mol. The van der Waals surface area contributed by atoms with E-state index in [2.05, 4.69) is 26.2 Å². The fourth-order valence-electron chi connectivity index (χ4n) is 2.55. The van der Waals surface area contributed by atoms with Crippen molar-refractivity contribution in [3.05, 3.63) is 0 Å². The normalized spacial score (nSPS) is 23.6. The first-order chi connectivity index (χ1) is 7.22. The zero-order valence-electron chi connectivity index (χ0n) is 10.6. The monoisotopic (exact) mass is 213 g/mol. The van der Waals surface area contributed by atoms with Crippen LogP contribution in [0.4, 0.5) is 0 Å². The summed E-state index contributed by atoms with van der Waals surface area (Å²) in [4.78, 5) is 0. The topological polar surface area (TPSA) is 21.3 Å². The highest BCUT2D eigenvalue weighted by atomic mass is 16.5. The number of nitrogens with one attached hydrogen (secondary N) is 1. The first kappa shape index (κ1) is 13.0. The van der Waals surface area contributed by atoms with Gasteiger partial charge in [-0.05, 0) is 57.5 Å². The molecule has 1 aliphatic heterocycles. The standard InChI is InChI=1S/C13H27NO/c1-11(2)9-12(10-14-3)6-7-13-5-4-8-15-13/h11-14H,4-10H2,1-3H3. The van der Waals surface area contributed by atoms with Crippen molar-refractivity contribution < 1.29 is 4.74 Å². The molecule has 1 saturated heterocycles. The van der Waals surface area contributed by atoms with Gasteiger partial charge in [0.25, 0.3) is 0 Å². The summed E-state index contributed by atoms with van der Waals surface area (Å²) in [6.07, 6.45) is 7.05. The summed E-state index contributed by atoms with van der Waals surface area (Å²) >= 11 is 0. The maximum Gasteiger partial charge on any atom is 0.0576 e. The molecule has 90 valence electrons. The molecule has 1 N–H and O–H groups in total. The van der Waals surface area contributed by atoms with Crippen LogP contribution in [-0.4, -0.2) is 26.3 Å². The first-order valence-corrected chi connectivity index (χ1v) is 6.48. The van der Waals surface area contributed by atoms with Gasteiger partial charge in [-0.3, -0.25) is 0 Å². The first-order valence-electron chi connectivity index (χ1n) is 6.48. The van der Waals surface area contributed by atoms with Crippen LogP contribution < -0.4 is 5.32 Å². The lowest BCUT2D eigenvalue weighted by Crippen LogP contribution is -2.21. The smallest absolute Gasteiger partial charge is 0.0576 e. The number of hydrogen-bond donors (Lipinski definition) is 1. The Balaban J connectivity index is 2.17. The van der Waals surface area contributed by atoms with Gasteiger partial charge in [-0.25, -0.2) is 0 Å². The molecule has 2 heteroatoms. The lowest BCUT2D eigenvalue weighted by molar-refractivity contribution is 0.0969. The van der Waals surface area contributed by atoms with Crippen LogP contribution in [0.15, 0.2) is 0 Å². The summed E-state index contributed by atoms with van der Waals surface area (Å²) in [5.74, 6) is 1.65. The third kappa shape index (κ3) is 5.53. The van der Waals surface area contributed by atoms with Crippen molar-refractivity contribution in [2.45, 2.75) is 52.1 Å². The van der Waals surface area contributed by atoms with Gasteiger partial charge in [0.2, 0.25) is 0 Å². The maximum atomic E-state index is 5.67. The van der Waals surface area contributed by atoms with E-state index in [0.29, 0.717) is 6.10 Å². The Morgan fingerprint density at radius 1 is 1.40 bits per heavy atom. The Morgan fingerprint density at radius 2 is 2.20 bits per heavy atom. The molecule has 0 aliphatic carbocycles. The Bertz CT molecular complexity index is 153. The molecule has 0 bridgehead atoms. The lowest BCUT2D eigenvalue weighted by Gasteiger charge is -2.20. The predicted octanol–water partition coefficient (Wildman–Crippen LogP) is 2.83. The molecule has 0 spiro atoms. The number of hydrogen-bond acceptors (Lipinski definition) is 2. The molecule has 1 rings (SSSR count). The Labute approximate surface area is 94.8 Å². The quantitative estimate of drug-likeness (QED) is 0.702. The Kier molecular flexibility index (Phi) is 6.26. The Morgan fingerprint density at radius 3 is 2.73 bits per heavy atom. The van der Waals surface area contributed by atoms with Crippen molar-refractivity contribution in [1.82, 2.24) is 5.32 Å². The van der Waals surface area contributed by atoms with Crippen molar-refractivity contribution in [2.24, 2.45) is 11.8 Å². The molecule has 0 aromatic rings. The van der Waals surface area contributed by atoms with E-state index >= 15 is 0 Å². The SMILES string of the molecule is CNCC(CCC1CCCO1)CC(C)C. The molecule has 2 unspecified atom stereocenters. The molecule has 0 radical (unpaired) electrons. The van der Waals surface area contributed by atoms with Gasteiger partial charge in [0, 0.05) is 6.61 Å². The molecule has 0 aromatic carbocycles. The zero-order chi connectivity index (χ0) is 11.1. The van der Waals surface area contributed by atoms with Crippen LogP contribution in [0, 0.1) is 11.8 Å². The van der Waals surface area contributed by atoms with Gasteiger partial charge in [0.15, 0.2) is 0 Å². The second kappa shape index (κ2) is 7.24. The summed E-state index contributed by atoms with van der Waals surface area (Å²) < 4.78 is 5.67. The minimum Gasteiger partial charge on any atom is -0.378 e. The van der Waals surface area contributed by atoms with Crippen LogP contribution in [0.3, 0.4) is 0 Å². The zero-order valence-corrected chi connectivity index (χ0v) is 10.6. The van der Waals surface area contributed by atoms with Crippen LogP contribution in [-0.2, 0) is 4.74 Å². The van der Waals surface area contributed by atoms with Crippen molar-refractivity contribution in [3.8, 4) is 0 Å². The molecule has 0 amide bonds. The second-order valence-electron chi connectivity index (χ2n) is 5.27. The van der Waals surface area contributed by atoms with Crippen molar-refractivity contribution in [1.29, 1.82) is 0 Å². The summed E-state index contributed by atoms with van der Waals surface area (Å²) in [6, 6.07) is 0. The van der Waals surface area contributed by atoms with E-state index in [1.165, 1.54) is 32.1 Å². The highest BCUT2D eigenvalue weighted by Crippen LogP contribution is 2.22. The predicted molar refractivity (Wildman–Crippen MR) is 65.1 cm³/mol. The molecular weight excluding hydrogens is 186 g/mol. The van der Waals surface area contributed by atoms with Gasteiger partial charge in [-0.15, -0.1) is 0 Å². The summed E-state index contributed by atoms with van der Waals surface area (Å²) in [6.45, 7) is 6.78. The van der Waals surface area contributed by atoms with E-state index in [0.717, 1.165) is 25.0 Å². The van der Waals surface area contributed by atoms with E-state index in [-0.39, 0.29) is 0 Å². The third-order valence-corrected chi connectivity index (χ3v) is 3.22. The molecule has 15 heavy (non-hydrogen) atoms. The highest BCUT2D eigenvalue weighted by molar-refractivity contribution is 4.70. The number of rotatable bonds is 7. The fourth-order valence-corrected chi connectivity index (χ4v) is 2.55. The molecule has 1 heterocycles. The molecule has 0 saturated carbocycles. The van der Waals surface area contributed by atoms with Crippen LogP contribution in [0.5, 0.6) is 0 Å². The van der Waals surface area contributed by atoms with Gasteiger partial charge < -0.3 is 10.1 Å². The number of ether oxygens (including phenoxy) is 1. The molecule has 1 fully saturated rings. The molecule has 0 aromatic heterocycles. The second-order valence-corrected chi connectivity index (χ2v) is 5.27. The van der Waals surface area contributed by atoms with Crippen LogP contribution >= 0.6 is 0 Å². The van der Waals surface area contributed by atoms with Crippen LogP contribution in [0.25, 0.3) is 0 Å². The summed E-state index contributed by atoms with van der Waals surface area (Å²) in [5, 5.41) is 3.31. The van der Waals surface area contributed by atoms with E-state index in [1.807, 2.05) is 0 Å². The van der Waals surface area contributed by atoms with Gasteiger partial charge in [-0.2, -0.15) is 0 Å². The third-order valence-electron chi connectivity index (χ3n) is 3.22. The van der Waals surface area contributed by atoms with Gasteiger partial charge >= 0.3 is 0 Å². The van der Waals surface area contributed by atoms with Gasteiger partial charge in [0.05, 0.1) is 6.10 Å². The fraction of sp³-hybridized carbons (Fsp3) is 1.00. The summed E-state index contributed by atoms with van der Waals surface area (Å²) in [5.41, 5.74) is 0. The van der Waals surface area contributed by atoms with Gasteiger partial charge in [0.1, 0.15) is 0 Å². The van der Waals surface area contributed by atoms with Gasteiger partial charge in [-0.1, -0.05) is 13.8 Å². The van der Waals surface area contributed by atoms with Crippen LogP contribution in [0.1, 0.15) is 46.0 Å².